The summed E-state index contributed by atoms with van der Waals surface area (Å²) in [4.78, 5) is 0. The highest BCUT2D eigenvalue weighted by atomic mass is 32.2. The van der Waals surface area contributed by atoms with Gasteiger partial charge < -0.3 is 10.9 Å². The molecular formula is C12H26N4O3S. The first kappa shape index (κ1) is 17.2. The number of nitrogens with two attached hydrogens (primary N) is 1. The van der Waals surface area contributed by atoms with Gasteiger partial charge in [0.2, 0.25) is 0 Å². The lowest BCUT2D eigenvalue weighted by Crippen LogP contribution is -2.61. The van der Waals surface area contributed by atoms with Crippen molar-refractivity contribution in [3.63, 3.8) is 0 Å². The normalized spacial score (nSPS) is 29.1. The van der Waals surface area contributed by atoms with Gasteiger partial charge in [0.15, 0.2) is 5.84 Å². The highest BCUT2D eigenvalue weighted by molar-refractivity contribution is 7.87. The zero-order valence-corrected chi connectivity index (χ0v) is 13.4. The first-order chi connectivity index (χ1) is 9.14. The molecule has 0 atom stereocenters. The van der Waals surface area contributed by atoms with Crippen molar-refractivity contribution in [1.82, 2.24) is 9.03 Å². The molecule has 1 rings (SSSR count). The van der Waals surface area contributed by atoms with Crippen molar-refractivity contribution < 1.29 is 13.6 Å². The molecule has 0 radical (unpaired) electrons. The molecule has 8 heteroatoms. The molecule has 1 saturated carbocycles. The first-order valence-electron chi connectivity index (χ1n) is 6.89. The van der Waals surface area contributed by atoms with Crippen LogP contribution in [-0.2, 0) is 10.2 Å². The van der Waals surface area contributed by atoms with Crippen LogP contribution in [0.4, 0.5) is 0 Å². The molecule has 0 spiro atoms. The predicted octanol–water partition coefficient (Wildman–Crippen LogP) is 0.856. The molecule has 1 aliphatic carbocycles. The number of nitrogens with one attached hydrogen (secondary N) is 1. The van der Waals surface area contributed by atoms with Crippen molar-refractivity contribution in [1.29, 1.82) is 0 Å². The molecule has 7 nitrogen and oxygen atoms in total. The van der Waals surface area contributed by atoms with Crippen molar-refractivity contribution in [2.75, 3.05) is 7.05 Å². The van der Waals surface area contributed by atoms with E-state index in [2.05, 4.69) is 16.8 Å². The topological polar surface area (TPSA) is 108 Å². The van der Waals surface area contributed by atoms with Gasteiger partial charge in [0.25, 0.3) is 10.2 Å². The fraction of sp³-hybridized carbons (Fsp3) is 0.917. The Morgan fingerprint density at radius 2 is 1.95 bits per heavy atom. The fourth-order valence-electron chi connectivity index (χ4n) is 2.36. The maximum Gasteiger partial charge on any atom is 0.280 e. The summed E-state index contributed by atoms with van der Waals surface area (Å²) < 4.78 is 28.6. The van der Waals surface area contributed by atoms with Gasteiger partial charge in [-0.2, -0.15) is 17.4 Å². The van der Waals surface area contributed by atoms with Crippen molar-refractivity contribution in [2.45, 2.75) is 58.0 Å². The van der Waals surface area contributed by atoms with E-state index in [-0.39, 0.29) is 11.9 Å². The Balaban J connectivity index is 3.03. The Bertz CT molecular complexity index is 453. The monoisotopic (exact) mass is 306 g/mol. The summed E-state index contributed by atoms with van der Waals surface area (Å²) in [5, 5.41) is 12.0. The quantitative estimate of drug-likeness (QED) is 0.303. The van der Waals surface area contributed by atoms with E-state index in [9.17, 15) is 8.42 Å². The summed E-state index contributed by atoms with van der Waals surface area (Å²) in [6.45, 7) is 5.70. The van der Waals surface area contributed by atoms with Crippen LogP contribution < -0.4 is 10.5 Å². The molecule has 0 aromatic heterocycles. The summed E-state index contributed by atoms with van der Waals surface area (Å²) in [6, 6.07) is -0.167. The number of rotatable bonds is 5. The summed E-state index contributed by atoms with van der Waals surface area (Å²) >= 11 is 0. The van der Waals surface area contributed by atoms with Gasteiger partial charge in [-0.05, 0) is 45.4 Å². The maximum atomic E-state index is 12.4. The lowest BCUT2D eigenvalue weighted by atomic mass is 9.77. The molecule has 0 saturated heterocycles. The molecule has 4 N–H and O–H groups in total. The van der Waals surface area contributed by atoms with Crippen molar-refractivity contribution in [3.8, 4) is 0 Å². The lowest BCUT2D eigenvalue weighted by Gasteiger charge is -2.39. The van der Waals surface area contributed by atoms with Crippen LogP contribution in [0, 0.1) is 5.92 Å². The number of oxime groups is 1. The Hall–Kier alpha value is -0.860. The molecule has 0 heterocycles. The van der Waals surface area contributed by atoms with Crippen LogP contribution in [-0.4, -0.2) is 42.4 Å². The highest BCUT2D eigenvalue weighted by Gasteiger charge is 2.42. The third kappa shape index (κ3) is 3.62. The second-order valence-electron chi connectivity index (χ2n) is 5.97. The van der Waals surface area contributed by atoms with Crippen LogP contribution in [0.5, 0.6) is 0 Å². The number of hydrogen-bond acceptors (Lipinski definition) is 4. The first-order valence-corrected chi connectivity index (χ1v) is 8.33. The lowest BCUT2D eigenvalue weighted by molar-refractivity contribution is 0.262. The van der Waals surface area contributed by atoms with Crippen LogP contribution in [0.2, 0.25) is 0 Å². The molecule has 118 valence electrons. The van der Waals surface area contributed by atoms with E-state index < -0.39 is 15.7 Å². The van der Waals surface area contributed by atoms with Crippen molar-refractivity contribution in [3.05, 3.63) is 0 Å². The smallest absolute Gasteiger partial charge is 0.280 e. The van der Waals surface area contributed by atoms with Crippen molar-refractivity contribution in [2.24, 2.45) is 16.8 Å². The number of hydrogen-bond donors (Lipinski definition) is 3. The van der Waals surface area contributed by atoms with E-state index in [4.69, 9.17) is 10.9 Å². The largest absolute Gasteiger partial charge is 0.409 e. The van der Waals surface area contributed by atoms with Crippen LogP contribution in [0.15, 0.2) is 5.16 Å². The Morgan fingerprint density at radius 3 is 2.35 bits per heavy atom. The third-order valence-corrected chi connectivity index (χ3v) is 5.99. The minimum atomic E-state index is -3.68. The molecule has 1 aliphatic rings. The predicted molar refractivity (Wildman–Crippen MR) is 78.7 cm³/mol. The van der Waals surface area contributed by atoms with E-state index in [0.717, 1.165) is 12.8 Å². The van der Waals surface area contributed by atoms with E-state index in [1.165, 1.54) is 11.4 Å². The van der Waals surface area contributed by atoms with E-state index in [1.54, 1.807) is 13.8 Å². The maximum absolute atomic E-state index is 12.4. The molecule has 0 aromatic carbocycles. The molecule has 0 amide bonds. The summed E-state index contributed by atoms with van der Waals surface area (Å²) in [5.41, 5.74) is 4.78. The highest BCUT2D eigenvalue weighted by Crippen LogP contribution is 2.33. The van der Waals surface area contributed by atoms with Gasteiger partial charge in [-0.3, -0.25) is 0 Å². The Labute approximate surface area is 121 Å². The van der Waals surface area contributed by atoms with Gasteiger partial charge in [-0.15, -0.1) is 0 Å². The van der Waals surface area contributed by atoms with Crippen LogP contribution in [0.3, 0.4) is 0 Å². The second kappa shape index (κ2) is 6.28. The second-order valence-corrected chi connectivity index (χ2v) is 7.70. The van der Waals surface area contributed by atoms with Gasteiger partial charge in [0.05, 0.1) is 5.54 Å². The number of nitrogens with zero attached hydrogens (tertiary/aromatic N) is 2. The summed E-state index contributed by atoms with van der Waals surface area (Å²) in [6.07, 6.45) is 2.75. The minimum Gasteiger partial charge on any atom is -0.409 e. The molecule has 0 aromatic rings. The van der Waals surface area contributed by atoms with Gasteiger partial charge >= 0.3 is 0 Å². The molecule has 0 bridgehead atoms. The molecule has 0 unspecified atom stereocenters. The van der Waals surface area contributed by atoms with E-state index in [0.29, 0.717) is 18.8 Å². The molecule has 20 heavy (non-hydrogen) atoms. The average Bonchev–Trinajstić information content (AvgIpc) is 2.39. The van der Waals surface area contributed by atoms with Gasteiger partial charge in [0.1, 0.15) is 0 Å². The van der Waals surface area contributed by atoms with Gasteiger partial charge in [-0.1, -0.05) is 12.1 Å². The molecular weight excluding hydrogens is 280 g/mol. The fourth-order valence-corrected chi connectivity index (χ4v) is 3.86. The molecule has 0 aliphatic heterocycles. The Morgan fingerprint density at radius 1 is 1.45 bits per heavy atom. The minimum absolute atomic E-state index is 0.0647. The Kier molecular flexibility index (Phi) is 5.39. The van der Waals surface area contributed by atoms with Crippen LogP contribution in [0.1, 0.15) is 46.5 Å². The van der Waals surface area contributed by atoms with Gasteiger partial charge in [0, 0.05) is 13.1 Å². The number of amidine groups is 1. The summed E-state index contributed by atoms with van der Waals surface area (Å²) in [7, 11) is -2.17. The zero-order chi connectivity index (χ0) is 15.6. The van der Waals surface area contributed by atoms with Gasteiger partial charge in [-0.25, -0.2) is 0 Å². The average molecular weight is 306 g/mol. The summed E-state index contributed by atoms with van der Waals surface area (Å²) in [5.74, 6) is 0.451. The van der Waals surface area contributed by atoms with Crippen molar-refractivity contribution >= 4 is 16.0 Å². The van der Waals surface area contributed by atoms with E-state index in [1.807, 2.05) is 0 Å². The third-order valence-electron chi connectivity index (χ3n) is 4.16. The molecule has 1 fully saturated rings. The van der Waals surface area contributed by atoms with Crippen LogP contribution in [0.25, 0.3) is 0 Å². The SMILES string of the molecule is CC1CCC(NS(=O)(=O)N(C)C(C)C)(C(N)=NO)CC1. The zero-order valence-electron chi connectivity index (χ0n) is 12.6. The van der Waals surface area contributed by atoms with Crippen LogP contribution >= 0.6 is 0 Å². The standard InChI is InChI=1S/C12H26N4O3S/c1-9(2)16(4)20(18,19)15-12(11(13)14-17)7-5-10(3)6-8-12/h9-10,15,17H,5-8H2,1-4H3,(H2,13,14). The van der Waals surface area contributed by atoms with E-state index >= 15 is 0 Å².